The summed E-state index contributed by atoms with van der Waals surface area (Å²) in [6.07, 6.45) is 3.15. The molecule has 1 heterocycles. The van der Waals surface area contributed by atoms with E-state index in [1.54, 1.807) is 24.4 Å². The number of hydrogen-bond acceptors (Lipinski definition) is 4. The van der Waals surface area contributed by atoms with E-state index in [-0.39, 0.29) is 11.3 Å². The summed E-state index contributed by atoms with van der Waals surface area (Å²) in [6.45, 7) is 2.81. The Hall–Kier alpha value is -4.45. The average molecular weight is 437 g/mol. The van der Waals surface area contributed by atoms with Crippen molar-refractivity contribution in [3.05, 3.63) is 102 Å². The van der Waals surface area contributed by atoms with Gasteiger partial charge in [0.25, 0.3) is 5.91 Å². The summed E-state index contributed by atoms with van der Waals surface area (Å²) in [5.74, 6) is -1.55. The lowest BCUT2D eigenvalue weighted by molar-refractivity contribution is 0.0698. The zero-order chi connectivity index (χ0) is 23.2. The van der Waals surface area contributed by atoms with Crippen molar-refractivity contribution < 1.29 is 14.7 Å². The van der Waals surface area contributed by atoms with Crippen molar-refractivity contribution in [3.8, 4) is 22.3 Å². The van der Waals surface area contributed by atoms with Crippen LogP contribution in [0.25, 0.3) is 22.3 Å². The normalized spacial score (nSPS) is 10.5. The predicted molar refractivity (Wildman–Crippen MR) is 131 cm³/mol. The van der Waals surface area contributed by atoms with Crippen molar-refractivity contribution >= 4 is 23.3 Å². The number of hydrogen-bond donors (Lipinski definition) is 3. The minimum Gasteiger partial charge on any atom is -0.478 e. The van der Waals surface area contributed by atoms with Crippen LogP contribution in [-0.2, 0) is 0 Å². The van der Waals surface area contributed by atoms with E-state index >= 15 is 0 Å². The molecule has 0 bridgehead atoms. The third-order valence-corrected chi connectivity index (χ3v) is 5.18. The number of carbonyl (C=O) groups is 2. The van der Waals surface area contributed by atoms with Crippen molar-refractivity contribution in [2.75, 3.05) is 17.2 Å². The largest absolute Gasteiger partial charge is 0.478 e. The molecule has 0 radical (unpaired) electrons. The highest BCUT2D eigenvalue weighted by Crippen LogP contribution is 2.28. The molecule has 6 heteroatoms. The maximum Gasteiger partial charge on any atom is 0.337 e. The number of nitrogens with zero attached hydrogens (tertiary/aromatic N) is 1. The van der Waals surface area contributed by atoms with Gasteiger partial charge < -0.3 is 15.7 Å². The molecule has 4 rings (SSSR count). The summed E-state index contributed by atoms with van der Waals surface area (Å²) < 4.78 is 0. The molecule has 33 heavy (non-hydrogen) atoms. The van der Waals surface area contributed by atoms with Gasteiger partial charge in [-0.15, -0.1) is 0 Å². The van der Waals surface area contributed by atoms with Gasteiger partial charge in [-0.2, -0.15) is 0 Å². The van der Waals surface area contributed by atoms with E-state index < -0.39 is 11.9 Å². The van der Waals surface area contributed by atoms with Crippen molar-refractivity contribution in [2.45, 2.75) is 6.92 Å². The zero-order valence-electron chi connectivity index (χ0n) is 18.1. The molecule has 0 atom stereocenters. The van der Waals surface area contributed by atoms with Crippen molar-refractivity contribution in [2.24, 2.45) is 0 Å². The highest BCUT2D eigenvalue weighted by atomic mass is 16.4. The molecule has 1 amide bonds. The zero-order valence-corrected chi connectivity index (χ0v) is 18.1. The molecular formula is C27H23N3O3. The van der Waals surface area contributed by atoms with Gasteiger partial charge in [0.15, 0.2) is 0 Å². The third-order valence-electron chi connectivity index (χ3n) is 5.18. The Morgan fingerprint density at radius 3 is 2.33 bits per heavy atom. The van der Waals surface area contributed by atoms with Gasteiger partial charge in [-0.3, -0.25) is 9.78 Å². The molecule has 0 aliphatic heterocycles. The average Bonchev–Trinajstić information content (AvgIpc) is 2.85. The van der Waals surface area contributed by atoms with E-state index in [1.165, 1.54) is 12.3 Å². The molecule has 6 nitrogen and oxygen atoms in total. The molecule has 0 unspecified atom stereocenters. The number of anilines is 2. The number of pyridine rings is 1. The Balaban J connectivity index is 1.66. The number of aromatic nitrogens is 1. The van der Waals surface area contributed by atoms with Gasteiger partial charge in [-0.05, 0) is 53.9 Å². The first-order valence-electron chi connectivity index (χ1n) is 10.6. The molecular weight excluding hydrogens is 414 g/mol. The Kier molecular flexibility index (Phi) is 6.45. The summed E-state index contributed by atoms with van der Waals surface area (Å²) in [5.41, 5.74) is 4.99. The lowest BCUT2D eigenvalue weighted by atomic mass is 10.0. The van der Waals surface area contributed by atoms with Crippen LogP contribution in [0.1, 0.15) is 27.6 Å². The highest BCUT2D eigenvalue weighted by molar-refractivity contribution is 6.08. The summed E-state index contributed by atoms with van der Waals surface area (Å²) in [7, 11) is 0. The van der Waals surface area contributed by atoms with Crippen LogP contribution in [0.5, 0.6) is 0 Å². The third kappa shape index (κ3) is 5.07. The number of aromatic carboxylic acids is 1. The molecule has 0 saturated carbocycles. The number of carboxylic acid groups (broad SMARTS) is 1. The topological polar surface area (TPSA) is 91.3 Å². The molecule has 0 spiro atoms. The highest BCUT2D eigenvalue weighted by Gasteiger charge is 2.16. The maximum absolute atomic E-state index is 13.0. The first-order valence-corrected chi connectivity index (χ1v) is 10.6. The fraction of sp³-hybridized carbons (Fsp3) is 0.0741. The molecule has 3 N–H and O–H groups in total. The van der Waals surface area contributed by atoms with Crippen LogP contribution in [0.2, 0.25) is 0 Å². The number of carboxylic acids is 1. The van der Waals surface area contributed by atoms with Crippen molar-refractivity contribution in [3.63, 3.8) is 0 Å². The van der Waals surface area contributed by atoms with E-state index in [4.69, 9.17) is 0 Å². The fourth-order valence-corrected chi connectivity index (χ4v) is 3.57. The monoisotopic (exact) mass is 437 g/mol. The van der Waals surface area contributed by atoms with Crippen LogP contribution in [0.3, 0.4) is 0 Å². The van der Waals surface area contributed by atoms with E-state index in [1.807, 2.05) is 61.5 Å². The number of amides is 1. The first-order chi connectivity index (χ1) is 16.0. The van der Waals surface area contributed by atoms with Crippen LogP contribution < -0.4 is 10.6 Å². The van der Waals surface area contributed by atoms with E-state index in [2.05, 4.69) is 15.6 Å². The number of rotatable bonds is 7. The van der Waals surface area contributed by atoms with Gasteiger partial charge >= 0.3 is 5.97 Å². The van der Waals surface area contributed by atoms with Gasteiger partial charge in [0.05, 0.1) is 16.8 Å². The molecule has 0 fully saturated rings. The summed E-state index contributed by atoms with van der Waals surface area (Å²) in [5, 5.41) is 15.7. The Labute approximate surface area is 191 Å². The predicted octanol–water partition coefficient (Wildman–Crippen LogP) is 5.80. The lowest BCUT2D eigenvalue weighted by Crippen LogP contribution is -2.15. The number of benzene rings is 3. The molecule has 4 aromatic rings. The number of nitrogens with one attached hydrogen (secondary N) is 2. The van der Waals surface area contributed by atoms with Gasteiger partial charge in [-0.25, -0.2) is 4.79 Å². The summed E-state index contributed by atoms with van der Waals surface area (Å²) in [4.78, 5) is 29.0. The van der Waals surface area contributed by atoms with E-state index in [0.29, 0.717) is 5.56 Å². The molecule has 164 valence electrons. The molecule has 3 aromatic carbocycles. The smallest absolute Gasteiger partial charge is 0.337 e. The van der Waals surface area contributed by atoms with Crippen LogP contribution in [-0.4, -0.2) is 28.5 Å². The van der Waals surface area contributed by atoms with Crippen LogP contribution in [0.15, 0.2) is 91.3 Å². The van der Waals surface area contributed by atoms with Gasteiger partial charge in [0.1, 0.15) is 0 Å². The maximum atomic E-state index is 13.0. The Bertz CT molecular complexity index is 1300. The standard InChI is InChI=1S/C27H23N3O3/c1-2-29-23-10-6-9-19(14-23)20-11-12-24(27(32)33)25(15-20)30-26(31)22-13-21(16-28-17-22)18-7-4-3-5-8-18/h3-17,29H,2H2,1H3,(H,30,31)(H,32,33). The SMILES string of the molecule is CCNc1cccc(-c2ccc(C(=O)O)c(NC(=O)c3cncc(-c4ccccc4)c3)c2)c1. The molecule has 0 aliphatic carbocycles. The van der Waals surface area contributed by atoms with Crippen molar-refractivity contribution in [1.82, 2.24) is 4.98 Å². The fourth-order valence-electron chi connectivity index (χ4n) is 3.57. The Morgan fingerprint density at radius 1 is 0.818 bits per heavy atom. The summed E-state index contributed by atoms with van der Waals surface area (Å²) >= 11 is 0. The second-order valence-corrected chi connectivity index (χ2v) is 7.46. The minimum atomic E-state index is -1.12. The second kappa shape index (κ2) is 9.78. The van der Waals surface area contributed by atoms with E-state index in [0.717, 1.165) is 34.5 Å². The first kappa shape index (κ1) is 21.8. The summed E-state index contributed by atoms with van der Waals surface area (Å²) in [6, 6.07) is 24.1. The van der Waals surface area contributed by atoms with Crippen LogP contribution >= 0.6 is 0 Å². The van der Waals surface area contributed by atoms with Crippen LogP contribution in [0.4, 0.5) is 11.4 Å². The Morgan fingerprint density at radius 2 is 1.58 bits per heavy atom. The number of carbonyl (C=O) groups excluding carboxylic acids is 1. The molecule has 1 aromatic heterocycles. The lowest BCUT2D eigenvalue weighted by Gasteiger charge is -2.12. The molecule has 0 saturated heterocycles. The van der Waals surface area contributed by atoms with Gasteiger partial charge in [0, 0.05) is 30.2 Å². The second-order valence-electron chi connectivity index (χ2n) is 7.46. The van der Waals surface area contributed by atoms with Gasteiger partial charge in [-0.1, -0.05) is 48.5 Å². The molecule has 0 aliphatic rings. The van der Waals surface area contributed by atoms with E-state index in [9.17, 15) is 14.7 Å². The van der Waals surface area contributed by atoms with Crippen molar-refractivity contribution in [1.29, 1.82) is 0 Å². The minimum absolute atomic E-state index is 0.0158. The van der Waals surface area contributed by atoms with Gasteiger partial charge in [0.2, 0.25) is 0 Å². The van der Waals surface area contributed by atoms with Crippen LogP contribution in [0, 0.1) is 0 Å². The quantitative estimate of drug-likeness (QED) is 0.340.